The molecule has 0 radical (unpaired) electrons. The molecule has 0 saturated heterocycles. The molecule has 0 saturated carbocycles. The van der Waals surface area contributed by atoms with E-state index in [-0.39, 0.29) is 5.78 Å². The lowest BCUT2D eigenvalue weighted by Gasteiger charge is -2.18. The molecule has 0 aromatic rings. The second kappa shape index (κ2) is 7.55. The van der Waals surface area contributed by atoms with Crippen molar-refractivity contribution in [3.05, 3.63) is 0 Å². The Balaban J connectivity index is 4.24. The van der Waals surface area contributed by atoms with Gasteiger partial charge in [-0.25, -0.2) is 0 Å². The molecule has 0 aromatic carbocycles. The Bertz CT molecular complexity index is 236. The normalized spacial score (nSPS) is 13.9. The highest BCUT2D eigenvalue weighted by atomic mass is 79.9. The minimum Gasteiger partial charge on any atom is -0.311 e. The SMILES string of the molecule is CCCCCC(=O)C(Br)P(=O)(OC)OC. The van der Waals surface area contributed by atoms with E-state index < -0.39 is 12.2 Å². The smallest absolute Gasteiger partial charge is 0.311 e. The molecule has 0 aliphatic carbocycles. The van der Waals surface area contributed by atoms with Gasteiger partial charge in [0.2, 0.25) is 0 Å². The van der Waals surface area contributed by atoms with Crippen LogP contribution in [-0.2, 0) is 18.4 Å². The fraction of sp³-hybridized carbons (Fsp3) is 0.889. The van der Waals surface area contributed by atoms with Crippen molar-refractivity contribution in [1.82, 2.24) is 0 Å². The Hall–Kier alpha value is 0.300. The predicted octanol–water partition coefficient (Wildman–Crippen LogP) is 3.34. The van der Waals surface area contributed by atoms with E-state index in [0.29, 0.717) is 6.42 Å². The molecule has 0 amide bonds. The third kappa shape index (κ3) is 4.77. The summed E-state index contributed by atoms with van der Waals surface area (Å²) in [6, 6.07) is 0. The second-order valence-electron chi connectivity index (χ2n) is 3.16. The first-order valence-corrected chi connectivity index (χ1v) is 7.42. The Kier molecular flexibility index (Phi) is 7.70. The zero-order valence-electron chi connectivity index (χ0n) is 9.36. The fourth-order valence-corrected chi connectivity index (χ4v) is 3.34. The summed E-state index contributed by atoms with van der Waals surface area (Å²) < 4.78 is 20.4. The van der Waals surface area contributed by atoms with Crippen molar-refractivity contribution < 1.29 is 18.4 Å². The van der Waals surface area contributed by atoms with Crippen molar-refractivity contribution in [2.24, 2.45) is 0 Å². The predicted molar refractivity (Wildman–Crippen MR) is 63.5 cm³/mol. The molecule has 4 nitrogen and oxygen atoms in total. The number of alkyl halides is 1. The van der Waals surface area contributed by atoms with Gasteiger partial charge in [-0.2, -0.15) is 0 Å². The lowest BCUT2D eigenvalue weighted by atomic mass is 10.1. The van der Waals surface area contributed by atoms with Gasteiger partial charge in [-0.05, 0) is 6.42 Å². The van der Waals surface area contributed by atoms with Crippen molar-refractivity contribution in [2.45, 2.75) is 37.2 Å². The Morgan fingerprint density at radius 1 is 1.33 bits per heavy atom. The van der Waals surface area contributed by atoms with Gasteiger partial charge in [-0.3, -0.25) is 9.36 Å². The van der Waals surface area contributed by atoms with Gasteiger partial charge in [0.15, 0.2) is 10.4 Å². The molecule has 15 heavy (non-hydrogen) atoms. The van der Waals surface area contributed by atoms with Crippen LogP contribution in [-0.4, -0.2) is 24.6 Å². The largest absolute Gasteiger partial charge is 0.351 e. The molecule has 0 bridgehead atoms. The van der Waals surface area contributed by atoms with Gasteiger partial charge in [-0.15, -0.1) is 0 Å². The van der Waals surface area contributed by atoms with Gasteiger partial charge >= 0.3 is 7.60 Å². The van der Waals surface area contributed by atoms with E-state index in [9.17, 15) is 9.36 Å². The van der Waals surface area contributed by atoms with Crippen LogP contribution in [0.25, 0.3) is 0 Å². The average Bonchev–Trinajstić information content (AvgIpc) is 2.27. The van der Waals surface area contributed by atoms with Crippen molar-refractivity contribution in [2.75, 3.05) is 14.2 Å². The standard InChI is InChI=1S/C9H18BrO4P/c1-4-5-6-7-8(11)9(10)15(12,13-2)14-3/h9H,4-7H2,1-3H3. The van der Waals surface area contributed by atoms with Gasteiger partial charge in [-0.1, -0.05) is 35.7 Å². The van der Waals surface area contributed by atoms with Crippen LogP contribution in [0, 0.1) is 0 Å². The number of ketones is 1. The first-order chi connectivity index (χ1) is 7.01. The molecule has 0 N–H and O–H groups in total. The minimum atomic E-state index is -3.31. The van der Waals surface area contributed by atoms with E-state index in [4.69, 9.17) is 9.05 Å². The number of Topliss-reactive ketones (excluding diaryl/α,β-unsaturated/α-hetero) is 1. The number of carbonyl (C=O) groups excluding carboxylic acids is 1. The number of hydrogen-bond donors (Lipinski definition) is 0. The lowest BCUT2D eigenvalue weighted by Crippen LogP contribution is -2.16. The maximum absolute atomic E-state index is 11.8. The first-order valence-electron chi connectivity index (χ1n) is 4.89. The molecule has 1 atom stereocenters. The lowest BCUT2D eigenvalue weighted by molar-refractivity contribution is -0.117. The molecule has 0 rings (SSSR count). The minimum absolute atomic E-state index is 0.129. The van der Waals surface area contributed by atoms with Crippen LogP contribution in [0.5, 0.6) is 0 Å². The molecule has 0 aromatic heterocycles. The highest BCUT2D eigenvalue weighted by Gasteiger charge is 2.36. The zero-order chi connectivity index (χ0) is 11.9. The van der Waals surface area contributed by atoms with Crippen LogP contribution in [0.15, 0.2) is 0 Å². The quantitative estimate of drug-likeness (QED) is 0.392. The molecule has 0 spiro atoms. The average molecular weight is 301 g/mol. The summed E-state index contributed by atoms with van der Waals surface area (Å²) in [6.07, 6.45) is 3.26. The van der Waals surface area contributed by atoms with Gasteiger partial charge in [0.05, 0.1) is 0 Å². The summed E-state index contributed by atoms with van der Waals surface area (Å²) >= 11 is 3.08. The van der Waals surface area contributed by atoms with Crippen molar-refractivity contribution >= 4 is 29.3 Å². The van der Waals surface area contributed by atoms with Crippen LogP contribution in [0.4, 0.5) is 0 Å². The van der Waals surface area contributed by atoms with Gasteiger partial charge in [0.25, 0.3) is 0 Å². The van der Waals surface area contributed by atoms with Crippen molar-refractivity contribution in [1.29, 1.82) is 0 Å². The Morgan fingerprint density at radius 3 is 2.27 bits per heavy atom. The molecule has 1 unspecified atom stereocenters. The second-order valence-corrected chi connectivity index (χ2v) is 7.11. The molecule has 6 heteroatoms. The van der Waals surface area contributed by atoms with E-state index in [1.165, 1.54) is 14.2 Å². The summed E-state index contributed by atoms with van der Waals surface area (Å²) in [7, 11) is -0.759. The monoisotopic (exact) mass is 300 g/mol. The summed E-state index contributed by atoms with van der Waals surface area (Å²) in [6.45, 7) is 2.06. The Morgan fingerprint density at radius 2 is 1.87 bits per heavy atom. The number of hydrogen-bond acceptors (Lipinski definition) is 4. The molecular weight excluding hydrogens is 283 g/mol. The zero-order valence-corrected chi connectivity index (χ0v) is 11.8. The maximum atomic E-state index is 11.8. The summed E-state index contributed by atoms with van der Waals surface area (Å²) in [5.74, 6) is -0.129. The van der Waals surface area contributed by atoms with Crippen LogP contribution in [0.3, 0.4) is 0 Å². The molecular formula is C9H18BrO4P. The van der Waals surface area contributed by atoms with Crippen molar-refractivity contribution in [3.63, 3.8) is 0 Å². The van der Waals surface area contributed by atoms with Gasteiger partial charge in [0, 0.05) is 20.6 Å². The van der Waals surface area contributed by atoms with Gasteiger partial charge < -0.3 is 9.05 Å². The number of carbonyl (C=O) groups is 1. The van der Waals surface area contributed by atoms with Crippen LogP contribution in [0.2, 0.25) is 0 Å². The first kappa shape index (κ1) is 15.3. The van der Waals surface area contributed by atoms with E-state index >= 15 is 0 Å². The van der Waals surface area contributed by atoms with Crippen LogP contribution >= 0.6 is 23.5 Å². The molecule has 0 aliphatic heterocycles. The molecule has 0 fully saturated rings. The fourth-order valence-electron chi connectivity index (χ4n) is 1.10. The number of unbranched alkanes of at least 4 members (excludes halogenated alkanes) is 2. The molecule has 90 valence electrons. The highest BCUT2D eigenvalue weighted by Crippen LogP contribution is 2.54. The summed E-state index contributed by atoms with van der Waals surface area (Å²) in [5.41, 5.74) is 0. The summed E-state index contributed by atoms with van der Waals surface area (Å²) in [5, 5.41) is 0. The van der Waals surface area contributed by atoms with Crippen LogP contribution in [0.1, 0.15) is 32.6 Å². The van der Waals surface area contributed by atoms with E-state index in [1.807, 2.05) is 0 Å². The Labute approximate surface area is 99.4 Å². The van der Waals surface area contributed by atoms with E-state index in [2.05, 4.69) is 22.9 Å². The van der Waals surface area contributed by atoms with Gasteiger partial charge in [0.1, 0.15) is 0 Å². The topological polar surface area (TPSA) is 52.6 Å². The number of rotatable bonds is 8. The number of halogens is 1. The van der Waals surface area contributed by atoms with E-state index in [1.54, 1.807) is 0 Å². The molecule has 0 aliphatic rings. The van der Waals surface area contributed by atoms with Crippen molar-refractivity contribution in [3.8, 4) is 0 Å². The third-order valence-electron chi connectivity index (χ3n) is 2.08. The van der Waals surface area contributed by atoms with E-state index in [0.717, 1.165) is 19.3 Å². The highest BCUT2D eigenvalue weighted by molar-refractivity contribution is 9.11. The maximum Gasteiger partial charge on any atom is 0.351 e. The molecule has 0 heterocycles. The van der Waals surface area contributed by atoms with Crippen LogP contribution < -0.4 is 0 Å². The third-order valence-corrected chi connectivity index (χ3v) is 5.96. The summed E-state index contributed by atoms with van der Waals surface area (Å²) in [4.78, 5) is 11.6.